The van der Waals surface area contributed by atoms with Crippen LogP contribution in [0.2, 0.25) is 0 Å². The minimum absolute atomic E-state index is 0.0531. The Kier molecular flexibility index (Phi) is 4.40. The summed E-state index contributed by atoms with van der Waals surface area (Å²) in [6.45, 7) is 2.74. The molecule has 5 nitrogen and oxygen atoms in total. The zero-order valence-electron chi connectivity index (χ0n) is 12.4. The van der Waals surface area contributed by atoms with Crippen molar-refractivity contribution in [2.45, 2.75) is 25.4 Å². The third-order valence-electron chi connectivity index (χ3n) is 3.81. The van der Waals surface area contributed by atoms with Crippen LogP contribution >= 0.6 is 12.2 Å². The van der Waals surface area contributed by atoms with E-state index < -0.39 is 0 Å². The Balaban J connectivity index is 1.96. The molecule has 0 bridgehead atoms. The molecule has 0 aromatic carbocycles. The van der Waals surface area contributed by atoms with Gasteiger partial charge in [-0.1, -0.05) is 6.07 Å². The molecule has 2 atom stereocenters. The first-order valence-electron chi connectivity index (χ1n) is 7.36. The minimum Gasteiger partial charge on any atom is -0.464 e. The molecule has 1 aliphatic heterocycles. The predicted molar refractivity (Wildman–Crippen MR) is 87.3 cm³/mol. The summed E-state index contributed by atoms with van der Waals surface area (Å²) in [5.74, 6) is 1.73. The zero-order chi connectivity index (χ0) is 15.5. The average molecular weight is 317 g/mol. The molecule has 2 N–H and O–H groups in total. The van der Waals surface area contributed by atoms with Crippen molar-refractivity contribution in [2.24, 2.45) is 0 Å². The summed E-state index contributed by atoms with van der Waals surface area (Å²) < 4.78 is 5.85. The number of aryl methyl sites for hydroxylation is 1. The van der Waals surface area contributed by atoms with Gasteiger partial charge in [0.25, 0.3) is 0 Å². The SMILES string of the molecule is Cc1ccc(C2C(c3ccccn3)NC(=S)N2CCCO)o1. The Morgan fingerprint density at radius 1 is 1.36 bits per heavy atom. The lowest BCUT2D eigenvalue weighted by molar-refractivity contribution is 0.230. The Bertz CT molecular complexity index is 644. The van der Waals surface area contributed by atoms with E-state index in [1.165, 1.54) is 0 Å². The summed E-state index contributed by atoms with van der Waals surface area (Å²) >= 11 is 5.48. The molecule has 2 unspecified atom stereocenters. The summed E-state index contributed by atoms with van der Waals surface area (Å²) in [4.78, 5) is 6.53. The van der Waals surface area contributed by atoms with Gasteiger partial charge in [-0.25, -0.2) is 0 Å². The van der Waals surface area contributed by atoms with Gasteiger partial charge < -0.3 is 19.7 Å². The molecule has 0 radical (unpaired) electrons. The molecule has 1 saturated heterocycles. The van der Waals surface area contributed by atoms with E-state index in [4.69, 9.17) is 21.7 Å². The predicted octanol–water partition coefficient (Wildman–Crippen LogP) is 2.34. The molecule has 3 heterocycles. The standard InChI is InChI=1S/C16H19N3O2S/c1-11-6-7-13(21-11)15-14(12-5-2-3-8-17-12)18-16(22)19(15)9-4-10-20/h2-3,5-8,14-15,20H,4,9-10H2,1H3,(H,18,22). The van der Waals surface area contributed by atoms with Crippen LogP contribution < -0.4 is 5.32 Å². The van der Waals surface area contributed by atoms with Gasteiger partial charge >= 0.3 is 0 Å². The van der Waals surface area contributed by atoms with Crippen molar-refractivity contribution in [1.82, 2.24) is 15.2 Å². The maximum absolute atomic E-state index is 9.13. The topological polar surface area (TPSA) is 61.5 Å². The first-order valence-corrected chi connectivity index (χ1v) is 7.77. The van der Waals surface area contributed by atoms with Crippen molar-refractivity contribution in [3.63, 3.8) is 0 Å². The van der Waals surface area contributed by atoms with Crippen molar-refractivity contribution >= 4 is 17.3 Å². The van der Waals surface area contributed by atoms with Crippen LogP contribution in [0.4, 0.5) is 0 Å². The van der Waals surface area contributed by atoms with E-state index in [-0.39, 0.29) is 18.7 Å². The van der Waals surface area contributed by atoms with Crippen LogP contribution in [-0.2, 0) is 0 Å². The van der Waals surface area contributed by atoms with E-state index in [2.05, 4.69) is 15.2 Å². The Labute approximate surface area is 135 Å². The fourth-order valence-corrected chi connectivity index (χ4v) is 3.14. The second-order valence-corrected chi connectivity index (χ2v) is 5.73. The third kappa shape index (κ3) is 2.84. The largest absolute Gasteiger partial charge is 0.464 e. The number of aliphatic hydroxyl groups excluding tert-OH is 1. The van der Waals surface area contributed by atoms with Gasteiger partial charge in [0.05, 0.1) is 11.7 Å². The molecule has 22 heavy (non-hydrogen) atoms. The quantitative estimate of drug-likeness (QED) is 0.826. The number of pyridine rings is 1. The highest BCUT2D eigenvalue weighted by Gasteiger charge is 2.41. The maximum Gasteiger partial charge on any atom is 0.170 e. The Morgan fingerprint density at radius 2 is 2.23 bits per heavy atom. The van der Waals surface area contributed by atoms with Crippen molar-refractivity contribution in [3.8, 4) is 0 Å². The number of nitrogens with one attached hydrogen (secondary N) is 1. The molecule has 2 aromatic heterocycles. The van der Waals surface area contributed by atoms with Crippen molar-refractivity contribution in [3.05, 3.63) is 53.7 Å². The van der Waals surface area contributed by atoms with Gasteiger partial charge in [-0.15, -0.1) is 0 Å². The molecule has 116 valence electrons. The third-order valence-corrected chi connectivity index (χ3v) is 4.16. The molecule has 0 aliphatic carbocycles. The van der Waals surface area contributed by atoms with Crippen molar-refractivity contribution in [2.75, 3.05) is 13.2 Å². The lowest BCUT2D eigenvalue weighted by Gasteiger charge is -2.25. The molecule has 3 rings (SSSR count). The number of rotatable bonds is 5. The van der Waals surface area contributed by atoms with E-state index >= 15 is 0 Å². The number of nitrogens with zero attached hydrogens (tertiary/aromatic N) is 2. The maximum atomic E-state index is 9.13. The molecular formula is C16H19N3O2S. The second kappa shape index (κ2) is 6.46. The smallest absolute Gasteiger partial charge is 0.170 e. The average Bonchev–Trinajstić information content (AvgIpc) is 3.09. The van der Waals surface area contributed by atoms with E-state index in [0.29, 0.717) is 18.1 Å². The van der Waals surface area contributed by atoms with E-state index in [1.807, 2.05) is 37.3 Å². The van der Waals surface area contributed by atoms with Gasteiger partial charge in [0.1, 0.15) is 17.6 Å². The molecule has 0 saturated carbocycles. The second-order valence-electron chi connectivity index (χ2n) is 5.35. The van der Waals surface area contributed by atoms with Crippen LogP contribution in [0, 0.1) is 6.92 Å². The van der Waals surface area contributed by atoms with Crippen LogP contribution in [0.5, 0.6) is 0 Å². The molecule has 6 heteroatoms. The highest BCUT2D eigenvalue weighted by molar-refractivity contribution is 7.80. The summed E-state index contributed by atoms with van der Waals surface area (Å²) in [6, 6.07) is 9.67. The number of thiocarbonyl (C=S) groups is 1. The summed E-state index contributed by atoms with van der Waals surface area (Å²) in [5, 5.41) is 13.1. The Hall–Kier alpha value is -1.92. The molecule has 1 fully saturated rings. The number of hydrogen-bond acceptors (Lipinski definition) is 4. The fourth-order valence-electron chi connectivity index (χ4n) is 2.81. The van der Waals surface area contributed by atoms with Crippen LogP contribution in [0.3, 0.4) is 0 Å². The van der Waals surface area contributed by atoms with Crippen LogP contribution in [-0.4, -0.2) is 33.3 Å². The highest BCUT2D eigenvalue weighted by atomic mass is 32.1. The first kappa shape index (κ1) is 15.0. The monoisotopic (exact) mass is 317 g/mol. The highest BCUT2D eigenvalue weighted by Crippen LogP contribution is 2.39. The summed E-state index contributed by atoms with van der Waals surface area (Å²) in [6.07, 6.45) is 2.44. The van der Waals surface area contributed by atoms with Gasteiger partial charge in [-0.3, -0.25) is 4.98 Å². The first-order chi connectivity index (χ1) is 10.7. The summed E-state index contributed by atoms with van der Waals surface area (Å²) in [7, 11) is 0. The number of furan rings is 1. The van der Waals surface area contributed by atoms with Gasteiger partial charge in [0, 0.05) is 19.3 Å². The lowest BCUT2D eigenvalue weighted by atomic mass is 10.0. The summed E-state index contributed by atoms with van der Waals surface area (Å²) in [5.41, 5.74) is 0.926. The Morgan fingerprint density at radius 3 is 2.86 bits per heavy atom. The van der Waals surface area contributed by atoms with E-state index in [9.17, 15) is 0 Å². The van der Waals surface area contributed by atoms with Gasteiger partial charge in [0.15, 0.2) is 5.11 Å². The molecule has 2 aromatic rings. The van der Waals surface area contributed by atoms with Gasteiger partial charge in [-0.05, 0) is 49.8 Å². The van der Waals surface area contributed by atoms with E-state index in [1.54, 1.807) is 6.20 Å². The lowest BCUT2D eigenvalue weighted by Crippen LogP contribution is -2.30. The van der Waals surface area contributed by atoms with Crippen LogP contribution in [0.25, 0.3) is 0 Å². The molecule has 0 spiro atoms. The van der Waals surface area contributed by atoms with Crippen LogP contribution in [0.1, 0.15) is 35.7 Å². The van der Waals surface area contributed by atoms with E-state index in [0.717, 1.165) is 17.2 Å². The molecular weight excluding hydrogens is 298 g/mol. The fraction of sp³-hybridized carbons (Fsp3) is 0.375. The minimum atomic E-state index is -0.0575. The number of aliphatic hydroxyl groups is 1. The molecule has 0 amide bonds. The van der Waals surface area contributed by atoms with Gasteiger partial charge in [-0.2, -0.15) is 0 Å². The van der Waals surface area contributed by atoms with Crippen LogP contribution in [0.15, 0.2) is 40.9 Å². The zero-order valence-corrected chi connectivity index (χ0v) is 13.2. The van der Waals surface area contributed by atoms with Gasteiger partial charge in [0.2, 0.25) is 0 Å². The van der Waals surface area contributed by atoms with Crippen molar-refractivity contribution in [1.29, 1.82) is 0 Å². The normalized spacial score (nSPS) is 21.2. The molecule has 1 aliphatic rings. The number of aromatic nitrogens is 1. The van der Waals surface area contributed by atoms with Crippen molar-refractivity contribution < 1.29 is 9.52 Å². The number of hydrogen-bond donors (Lipinski definition) is 2.